The van der Waals surface area contributed by atoms with Crippen LogP contribution < -0.4 is 25.4 Å². The lowest BCUT2D eigenvalue weighted by Gasteiger charge is -2.11. The number of methoxy groups -OCH3 is 2. The van der Waals surface area contributed by atoms with Crippen molar-refractivity contribution in [3.8, 4) is 11.5 Å². The summed E-state index contributed by atoms with van der Waals surface area (Å²) in [4.78, 5) is 11.7. The van der Waals surface area contributed by atoms with Gasteiger partial charge in [0, 0.05) is 24.0 Å². The van der Waals surface area contributed by atoms with Gasteiger partial charge < -0.3 is 25.4 Å². The van der Waals surface area contributed by atoms with Crippen LogP contribution in [0.3, 0.4) is 0 Å². The van der Waals surface area contributed by atoms with Crippen molar-refractivity contribution in [1.29, 1.82) is 0 Å². The lowest BCUT2D eigenvalue weighted by molar-refractivity contribution is 0.251. The average Bonchev–Trinajstić information content (AvgIpc) is 3.46. The molecule has 0 spiro atoms. The van der Waals surface area contributed by atoms with Gasteiger partial charge >= 0.3 is 6.03 Å². The molecule has 0 unspecified atom stereocenters. The molecule has 0 aromatic heterocycles. The molecule has 0 atom stereocenters. The molecule has 0 bridgehead atoms. The van der Waals surface area contributed by atoms with Gasteiger partial charge in [-0.2, -0.15) is 0 Å². The number of carbonyl (C=O) groups is 1. The van der Waals surface area contributed by atoms with E-state index >= 15 is 0 Å². The lowest BCUT2D eigenvalue weighted by atomic mass is 10.1. The second-order valence-electron chi connectivity index (χ2n) is 6.32. The molecule has 1 aliphatic carbocycles. The van der Waals surface area contributed by atoms with Crippen LogP contribution in [0.5, 0.6) is 11.5 Å². The standard InChI is InChI=1S/C20H25N3O3/c1-25-18-10-3-14(13-19(18)26-2)11-12-21-15-4-6-16(7-5-15)22-20(24)23-17-8-9-17/h3-7,10,13,17,21H,8-9,11-12H2,1-2H3,(H2,22,23,24). The van der Waals surface area contributed by atoms with Crippen LogP contribution in [0, 0.1) is 0 Å². The number of ether oxygens (including phenoxy) is 2. The number of benzene rings is 2. The van der Waals surface area contributed by atoms with Crippen LogP contribution in [0.2, 0.25) is 0 Å². The van der Waals surface area contributed by atoms with Crippen LogP contribution in [0.4, 0.5) is 16.2 Å². The van der Waals surface area contributed by atoms with Crippen molar-refractivity contribution < 1.29 is 14.3 Å². The summed E-state index contributed by atoms with van der Waals surface area (Å²) in [6.07, 6.45) is 3.02. The van der Waals surface area contributed by atoms with Gasteiger partial charge in [-0.1, -0.05) is 6.07 Å². The smallest absolute Gasteiger partial charge is 0.319 e. The minimum atomic E-state index is -0.137. The van der Waals surface area contributed by atoms with Gasteiger partial charge in [0.2, 0.25) is 0 Å². The Hall–Kier alpha value is -2.89. The van der Waals surface area contributed by atoms with Crippen LogP contribution >= 0.6 is 0 Å². The molecule has 138 valence electrons. The summed E-state index contributed by atoms with van der Waals surface area (Å²) in [5, 5.41) is 9.13. The van der Waals surface area contributed by atoms with E-state index in [1.54, 1.807) is 14.2 Å². The second-order valence-corrected chi connectivity index (χ2v) is 6.32. The largest absolute Gasteiger partial charge is 0.493 e. The van der Waals surface area contributed by atoms with Crippen LogP contribution in [-0.4, -0.2) is 32.8 Å². The summed E-state index contributed by atoms with van der Waals surface area (Å²) in [5.41, 5.74) is 2.97. The number of hydrogen-bond donors (Lipinski definition) is 3. The first-order valence-corrected chi connectivity index (χ1v) is 8.80. The molecule has 3 rings (SSSR count). The van der Waals surface area contributed by atoms with E-state index in [-0.39, 0.29) is 6.03 Å². The zero-order chi connectivity index (χ0) is 18.4. The molecular weight excluding hydrogens is 330 g/mol. The molecule has 2 aromatic carbocycles. The van der Waals surface area contributed by atoms with Gasteiger partial charge in [-0.05, 0) is 61.2 Å². The minimum Gasteiger partial charge on any atom is -0.493 e. The first kappa shape index (κ1) is 17.9. The molecule has 0 radical (unpaired) electrons. The molecule has 1 fully saturated rings. The maximum absolute atomic E-state index is 11.7. The number of nitrogens with one attached hydrogen (secondary N) is 3. The van der Waals surface area contributed by atoms with Crippen molar-refractivity contribution in [2.45, 2.75) is 25.3 Å². The van der Waals surface area contributed by atoms with E-state index in [0.29, 0.717) is 6.04 Å². The fourth-order valence-electron chi connectivity index (χ4n) is 2.64. The summed E-state index contributed by atoms with van der Waals surface area (Å²) >= 11 is 0. The van der Waals surface area contributed by atoms with Crippen LogP contribution in [-0.2, 0) is 6.42 Å². The summed E-state index contributed by atoms with van der Waals surface area (Å²) in [6, 6.07) is 13.9. The Labute approximate surface area is 153 Å². The Morgan fingerprint density at radius 1 is 1.00 bits per heavy atom. The molecule has 1 aliphatic rings. The maximum atomic E-state index is 11.7. The van der Waals surface area contributed by atoms with Gasteiger partial charge in [-0.3, -0.25) is 0 Å². The minimum absolute atomic E-state index is 0.137. The number of anilines is 2. The first-order chi connectivity index (χ1) is 12.7. The molecule has 0 aliphatic heterocycles. The zero-order valence-electron chi connectivity index (χ0n) is 15.2. The molecule has 26 heavy (non-hydrogen) atoms. The first-order valence-electron chi connectivity index (χ1n) is 8.80. The topological polar surface area (TPSA) is 71.6 Å². The third-order valence-electron chi connectivity index (χ3n) is 4.25. The number of carbonyl (C=O) groups excluding carboxylic acids is 1. The molecule has 3 N–H and O–H groups in total. The van der Waals surface area contributed by atoms with Crippen molar-refractivity contribution in [3.05, 3.63) is 48.0 Å². The molecule has 6 nitrogen and oxygen atoms in total. The summed E-state index contributed by atoms with van der Waals surface area (Å²) in [6.45, 7) is 0.796. The van der Waals surface area contributed by atoms with E-state index in [4.69, 9.17) is 9.47 Å². The predicted molar refractivity (Wildman–Crippen MR) is 103 cm³/mol. The molecule has 1 saturated carbocycles. The van der Waals surface area contributed by atoms with Crippen molar-refractivity contribution >= 4 is 17.4 Å². The van der Waals surface area contributed by atoms with Crippen molar-refractivity contribution in [3.63, 3.8) is 0 Å². The van der Waals surface area contributed by atoms with Crippen molar-refractivity contribution in [2.24, 2.45) is 0 Å². The van der Waals surface area contributed by atoms with Crippen molar-refractivity contribution in [1.82, 2.24) is 5.32 Å². The quantitative estimate of drug-likeness (QED) is 0.676. The summed E-state index contributed by atoms with van der Waals surface area (Å²) < 4.78 is 10.6. The third kappa shape index (κ3) is 5.05. The van der Waals surface area contributed by atoms with Crippen LogP contribution in [0.25, 0.3) is 0 Å². The van der Waals surface area contributed by atoms with Gasteiger partial charge in [0.1, 0.15) is 0 Å². The Morgan fingerprint density at radius 2 is 1.69 bits per heavy atom. The number of amides is 2. The summed E-state index contributed by atoms with van der Waals surface area (Å²) in [5.74, 6) is 1.47. The Bertz CT molecular complexity index is 742. The molecule has 2 amide bonds. The van der Waals surface area contributed by atoms with Gasteiger partial charge in [0.15, 0.2) is 11.5 Å². The zero-order valence-corrected chi connectivity index (χ0v) is 15.2. The van der Waals surface area contributed by atoms with E-state index in [0.717, 1.165) is 48.7 Å². The van der Waals surface area contributed by atoms with Crippen molar-refractivity contribution in [2.75, 3.05) is 31.4 Å². The summed E-state index contributed by atoms with van der Waals surface area (Å²) in [7, 11) is 3.27. The molecular formula is C20H25N3O3. The number of urea groups is 1. The van der Waals surface area contributed by atoms with E-state index in [1.165, 1.54) is 5.56 Å². The fourth-order valence-corrected chi connectivity index (χ4v) is 2.64. The van der Waals surface area contributed by atoms with E-state index < -0.39 is 0 Å². The van der Waals surface area contributed by atoms with Crippen LogP contribution in [0.15, 0.2) is 42.5 Å². The molecule has 0 saturated heterocycles. The highest BCUT2D eigenvalue weighted by molar-refractivity contribution is 5.89. The molecule has 2 aromatic rings. The molecule has 0 heterocycles. The maximum Gasteiger partial charge on any atom is 0.319 e. The third-order valence-corrected chi connectivity index (χ3v) is 4.25. The van der Waals surface area contributed by atoms with E-state index in [9.17, 15) is 4.79 Å². The number of rotatable bonds is 8. The Kier molecular flexibility index (Phi) is 5.84. The highest BCUT2D eigenvalue weighted by Gasteiger charge is 2.23. The van der Waals surface area contributed by atoms with Gasteiger partial charge in [-0.15, -0.1) is 0 Å². The average molecular weight is 355 g/mol. The Morgan fingerprint density at radius 3 is 2.35 bits per heavy atom. The normalized spacial score (nSPS) is 13.0. The lowest BCUT2D eigenvalue weighted by Crippen LogP contribution is -2.30. The second kappa shape index (κ2) is 8.47. The van der Waals surface area contributed by atoms with Crippen LogP contribution in [0.1, 0.15) is 18.4 Å². The highest BCUT2D eigenvalue weighted by Crippen LogP contribution is 2.27. The molecule has 6 heteroatoms. The van der Waals surface area contributed by atoms with E-state index in [1.807, 2.05) is 42.5 Å². The van der Waals surface area contributed by atoms with Gasteiger partial charge in [0.05, 0.1) is 14.2 Å². The Balaban J connectivity index is 1.46. The fraction of sp³-hybridized carbons (Fsp3) is 0.350. The van der Waals surface area contributed by atoms with Gasteiger partial charge in [-0.25, -0.2) is 4.79 Å². The SMILES string of the molecule is COc1ccc(CCNc2ccc(NC(=O)NC3CC3)cc2)cc1OC. The number of hydrogen-bond acceptors (Lipinski definition) is 4. The van der Waals surface area contributed by atoms with Gasteiger partial charge in [0.25, 0.3) is 0 Å². The predicted octanol–water partition coefficient (Wildman–Crippen LogP) is 3.64. The highest BCUT2D eigenvalue weighted by atomic mass is 16.5. The van der Waals surface area contributed by atoms with E-state index in [2.05, 4.69) is 16.0 Å². The monoisotopic (exact) mass is 355 g/mol.